The highest BCUT2D eigenvalue weighted by molar-refractivity contribution is 6.31. The van der Waals surface area contributed by atoms with E-state index in [9.17, 15) is 0 Å². The lowest BCUT2D eigenvalue weighted by Crippen LogP contribution is -2.54. The van der Waals surface area contributed by atoms with Crippen molar-refractivity contribution in [3.63, 3.8) is 0 Å². The summed E-state index contributed by atoms with van der Waals surface area (Å²) in [5.41, 5.74) is 5.96. The highest BCUT2D eigenvalue weighted by Gasteiger charge is 2.31. The van der Waals surface area contributed by atoms with Crippen LogP contribution in [0.1, 0.15) is 16.7 Å². The highest BCUT2D eigenvalue weighted by atomic mass is 35.5. The molecule has 146 valence electrons. The lowest BCUT2D eigenvalue weighted by Gasteiger charge is -2.42. The van der Waals surface area contributed by atoms with E-state index in [0.29, 0.717) is 6.04 Å². The third-order valence-electron chi connectivity index (χ3n) is 5.85. The lowest BCUT2D eigenvalue weighted by atomic mass is 9.99. The van der Waals surface area contributed by atoms with Gasteiger partial charge in [0.15, 0.2) is 0 Å². The van der Waals surface area contributed by atoms with Crippen molar-refractivity contribution >= 4 is 23.0 Å². The van der Waals surface area contributed by atoms with Gasteiger partial charge >= 0.3 is 0 Å². The maximum absolute atomic E-state index is 6.39. The summed E-state index contributed by atoms with van der Waals surface area (Å²) in [6, 6.07) is 27.8. The second-order valence-electron chi connectivity index (χ2n) is 7.78. The second kappa shape index (κ2) is 8.02. The summed E-state index contributed by atoms with van der Waals surface area (Å²) in [5.74, 6) is 0. The maximum Gasteiger partial charge on any atom is 0.0741 e. The molecule has 4 heteroatoms. The number of fused-ring (bicyclic) bond motifs is 3. The first-order valence-electron chi connectivity index (χ1n) is 10.2. The van der Waals surface area contributed by atoms with Gasteiger partial charge in [0.1, 0.15) is 0 Å². The molecule has 0 amide bonds. The zero-order valence-corrected chi connectivity index (χ0v) is 17.1. The Balaban J connectivity index is 1.47. The van der Waals surface area contributed by atoms with Gasteiger partial charge in [-0.3, -0.25) is 9.89 Å². The minimum absolute atomic E-state index is 0.369. The molecule has 2 aliphatic rings. The van der Waals surface area contributed by atoms with E-state index < -0.39 is 0 Å². The predicted molar refractivity (Wildman–Crippen MR) is 121 cm³/mol. The number of nitrogens with zero attached hydrogens (tertiary/aromatic N) is 3. The summed E-state index contributed by atoms with van der Waals surface area (Å²) in [6.45, 7) is 4.86. The van der Waals surface area contributed by atoms with Crippen molar-refractivity contribution in [2.24, 2.45) is 4.99 Å². The van der Waals surface area contributed by atoms with Gasteiger partial charge in [0, 0.05) is 48.0 Å². The van der Waals surface area contributed by atoms with Gasteiger partial charge in [-0.25, -0.2) is 0 Å². The van der Waals surface area contributed by atoms with Crippen LogP contribution in [0.2, 0.25) is 5.02 Å². The van der Waals surface area contributed by atoms with Crippen LogP contribution in [0, 0.1) is 0 Å². The van der Waals surface area contributed by atoms with E-state index in [2.05, 4.69) is 76.5 Å². The van der Waals surface area contributed by atoms with Crippen LogP contribution < -0.4 is 4.90 Å². The second-order valence-corrected chi connectivity index (χ2v) is 8.22. The number of anilines is 1. The average Bonchev–Trinajstić information content (AvgIpc) is 2.91. The van der Waals surface area contributed by atoms with Crippen LogP contribution in [0.3, 0.4) is 0 Å². The van der Waals surface area contributed by atoms with Gasteiger partial charge in [0.2, 0.25) is 0 Å². The molecule has 1 atom stereocenters. The van der Waals surface area contributed by atoms with Crippen LogP contribution >= 0.6 is 11.6 Å². The summed E-state index contributed by atoms with van der Waals surface area (Å²) in [4.78, 5) is 10.2. The fourth-order valence-electron chi connectivity index (χ4n) is 4.45. The summed E-state index contributed by atoms with van der Waals surface area (Å²) in [7, 11) is 0. The topological polar surface area (TPSA) is 18.8 Å². The molecule has 29 heavy (non-hydrogen) atoms. The molecule has 0 bridgehead atoms. The quantitative estimate of drug-likeness (QED) is 0.622. The Bertz CT molecular complexity index is 1020. The molecular formula is C25H24ClN3. The number of hydrogen-bond donors (Lipinski definition) is 0. The molecule has 1 saturated heterocycles. The minimum atomic E-state index is 0.369. The number of piperazine rings is 1. The molecule has 3 aromatic carbocycles. The third-order valence-corrected chi connectivity index (χ3v) is 6.08. The van der Waals surface area contributed by atoms with Crippen LogP contribution in [-0.2, 0) is 6.54 Å². The first-order valence-corrected chi connectivity index (χ1v) is 10.6. The molecule has 3 nitrogen and oxygen atoms in total. The van der Waals surface area contributed by atoms with Crippen molar-refractivity contribution in [3.8, 4) is 0 Å². The average molecular weight is 402 g/mol. The van der Waals surface area contributed by atoms with Gasteiger partial charge in [-0.2, -0.15) is 0 Å². The van der Waals surface area contributed by atoms with Gasteiger partial charge < -0.3 is 4.90 Å². The standard InChI is InChI=1S/C25H24ClN3/c26-21-11-12-24-23(15-21)25(20-9-5-2-6-10-20)27-16-22-18-28(13-14-29(22)24)17-19-7-3-1-4-8-19/h1-12,15,22H,13-14,16-18H2. The van der Waals surface area contributed by atoms with E-state index in [4.69, 9.17) is 16.6 Å². The maximum atomic E-state index is 6.39. The van der Waals surface area contributed by atoms with E-state index in [0.717, 1.165) is 54.6 Å². The van der Waals surface area contributed by atoms with Crippen molar-refractivity contribution in [3.05, 3.63) is 101 Å². The van der Waals surface area contributed by atoms with Gasteiger partial charge in [0.05, 0.1) is 18.3 Å². The normalized spacial score (nSPS) is 19.1. The Morgan fingerprint density at radius 2 is 1.66 bits per heavy atom. The molecule has 0 saturated carbocycles. The molecule has 3 aromatic rings. The number of aliphatic imine (C=N–C) groups is 1. The Labute approximate surface area is 177 Å². The van der Waals surface area contributed by atoms with Crippen molar-refractivity contribution < 1.29 is 0 Å². The van der Waals surface area contributed by atoms with Gasteiger partial charge in [0.25, 0.3) is 0 Å². The van der Waals surface area contributed by atoms with Crippen molar-refractivity contribution in [2.45, 2.75) is 12.6 Å². The van der Waals surface area contributed by atoms with E-state index in [-0.39, 0.29) is 0 Å². The van der Waals surface area contributed by atoms with Gasteiger partial charge in [-0.05, 0) is 23.8 Å². The lowest BCUT2D eigenvalue weighted by molar-refractivity contribution is 0.217. The van der Waals surface area contributed by atoms with Gasteiger partial charge in [-0.15, -0.1) is 0 Å². The molecule has 0 spiro atoms. The Hall–Kier alpha value is -2.62. The Morgan fingerprint density at radius 3 is 2.45 bits per heavy atom. The Kier molecular flexibility index (Phi) is 5.09. The monoisotopic (exact) mass is 401 g/mol. The van der Waals surface area contributed by atoms with E-state index in [1.54, 1.807) is 0 Å². The number of benzene rings is 3. The minimum Gasteiger partial charge on any atom is -0.364 e. The fourth-order valence-corrected chi connectivity index (χ4v) is 4.62. The van der Waals surface area contributed by atoms with Crippen LogP contribution in [0.15, 0.2) is 83.9 Å². The van der Waals surface area contributed by atoms with Crippen LogP contribution in [-0.4, -0.2) is 42.8 Å². The summed E-state index contributed by atoms with van der Waals surface area (Å²) in [6.07, 6.45) is 0. The van der Waals surface area contributed by atoms with Crippen LogP contribution in [0.5, 0.6) is 0 Å². The summed E-state index contributed by atoms with van der Waals surface area (Å²) in [5, 5.41) is 0.758. The summed E-state index contributed by atoms with van der Waals surface area (Å²) >= 11 is 6.39. The van der Waals surface area contributed by atoms with E-state index in [1.165, 1.54) is 11.3 Å². The first kappa shape index (κ1) is 18.4. The van der Waals surface area contributed by atoms with Gasteiger partial charge in [-0.1, -0.05) is 72.3 Å². The molecule has 0 aliphatic carbocycles. The zero-order chi connectivity index (χ0) is 19.6. The Morgan fingerprint density at radius 1 is 0.897 bits per heavy atom. The molecule has 0 aromatic heterocycles. The third kappa shape index (κ3) is 3.81. The highest BCUT2D eigenvalue weighted by Crippen LogP contribution is 2.32. The van der Waals surface area contributed by atoms with E-state index in [1.807, 2.05) is 12.1 Å². The molecule has 2 heterocycles. The van der Waals surface area contributed by atoms with Crippen molar-refractivity contribution in [1.29, 1.82) is 0 Å². The molecule has 1 fully saturated rings. The summed E-state index contributed by atoms with van der Waals surface area (Å²) < 4.78 is 0. The first-order chi connectivity index (χ1) is 14.3. The molecule has 0 N–H and O–H groups in total. The smallest absolute Gasteiger partial charge is 0.0741 e. The molecule has 0 radical (unpaired) electrons. The molecule has 5 rings (SSSR count). The molecule has 2 aliphatic heterocycles. The fraction of sp³-hybridized carbons (Fsp3) is 0.240. The van der Waals surface area contributed by atoms with E-state index >= 15 is 0 Å². The molecular weight excluding hydrogens is 378 g/mol. The number of hydrogen-bond acceptors (Lipinski definition) is 3. The largest absolute Gasteiger partial charge is 0.364 e. The predicted octanol–water partition coefficient (Wildman–Crippen LogP) is 4.88. The molecule has 1 unspecified atom stereocenters. The number of halogens is 1. The zero-order valence-electron chi connectivity index (χ0n) is 16.3. The van der Waals surface area contributed by atoms with Crippen molar-refractivity contribution in [2.75, 3.05) is 31.1 Å². The van der Waals surface area contributed by atoms with Crippen molar-refractivity contribution in [1.82, 2.24) is 4.90 Å². The van der Waals surface area contributed by atoms with Crippen LogP contribution in [0.4, 0.5) is 5.69 Å². The SMILES string of the molecule is Clc1ccc2c(c1)C(c1ccccc1)=NCC1CN(Cc3ccccc3)CCN21. The number of rotatable bonds is 3. The van der Waals surface area contributed by atoms with Crippen LogP contribution in [0.25, 0.3) is 0 Å².